The van der Waals surface area contributed by atoms with Crippen molar-refractivity contribution in [1.82, 2.24) is 34.5 Å². The van der Waals surface area contributed by atoms with E-state index in [0.29, 0.717) is 35.0 Å². The molecule has 1 fully saturated rings. The number of aryl methyl sites for hydroxylation is 1. The SMILES string of the molecule is CC[C@H](C)n1c(=O)c(NCc2ccc(S(=O)(=O)CC)cn2)nc2ncc(-c3c(C)ncnc3C3CC3)nc21. The number of fused-ring (bicyclic) bond motifs is 1. The van der Waals surface area contributed by atoms with E-state index in [-0.39, 0.29) is 34.6 Å². The van der Waals surface area contributed by atoms with Crippen molar-refractivity contribution in [2.45, 2.75) is 70.4 Å². The highest BCUT2D eigenvalue weighted by Crippen LogP contribution is 2.43. The molecular formula is C26H30N8O3S. The number of sulfone groups is 1. The first kappa shape index (κ1) is 25.8. The van der Waals surface area contributed by atoms with Crippen LogP contribution in [0.1, 0.15) is 69.1 Å². The number of rotatable bonds is 9. The lowest BCUT2D eigenvalue weighted by Crippen LogP contribution is -2.28. The molecule has 198 valence electrons. The van der Waals surface area contributed by atoms with Crippen LogP contribution in [0.15, 0.2) is 40.5 Å². The van der Waals surface area contributed by atoms with Crippen molar-refractivity contribution in [3.8, 4) is 11.3 Å². The Balaban J connectivity index is 1.53. The second-order valence-electron chi connectivity index (χ2n) is 9.53. The van der Waals surface area contributed by atoms with Crippen LogP contribution in [-0.4, -0.2) is 48.6 Å². The smallest absolute Gasteiger partial charge is 0.295 e. The van der Waals surface area contributed by atoms with Crippen LogP contribution in [0.4, 0.5) is 5.82 Å². The van der Waals surface area contributed by atoms with Gasteiger partial charge >= 0.3 is 0 Å². The van der Waals surface area contributed by atoms with Crippen molar-refractivity contribution in [2.75, 3.05) is 11.1 Å². The van der Waals surface area contributed by atoms with Gasteiger partial charge < -0.3 is 5.32 Å². The van der Waals surface area contributed by atoms with Gasteiger partial charge in [-0.25, -0.2) is 33.3 Å². The summed E-state index contributed by atoms with van der Waals surface area (Å²) < 4.78 is 25.7. The summed E-state index contributed by atoms with van der Waals surface area (Å²) in [5.41, 5.74) is 4.30. The lowest BCUT2D eigenvalue weighted by molar-refractivity contribution is 0.526. The molecule has 0 aromatic carbocycles. The lowest BCUT2D eigenvalue weighted by atomic mass is 10.1. The summed E-state index contributed by atoms with van der Waals surface area (Å²) in [5, 5.41) is 3.06. The molecule has 12 heteroatoms. The van der Waals surface area contributed by atoms with Gasteiger partial charge in [-0.1, -0.05) is 13.8 Å². The second-order valence-corrected chi connectivity index (χ2v) is 11.8. The molecule has 38 heavy (non-hydrogen) atoms. The van der Waals surface area contributed by atoms with Crippen molar-refractivity contribution in [3.63, 3.8) is 0 Å². The molecule has 1 atom stereocenters. The second kappa shape index (κ2) is 10.2. The number of pyridine rings is 1. The number of hydrogen-bond donors (Lipinski definition) is 1. The van der Waals surface area contributed by atoms with Crippen molar-refractivity contribution in [1.29, 1.82) is 0 Å². The molecule has 4 heterocycles. The van der Waals surface area contributed by atoms with E-state index >= 15 is 0 Å². The standard InChI is InChI=1S/C26H30N8O3S/c1-5-15(3)34-25-23(29-13-20(32-25)21-16(4)30-14-31-22(21)17-7-8-17)33-24(26(34)35)28-11-18-9-10-19(12-27-18)38(36,37)6-2/h9-10,12-15,17H,5-8,11H2,1-4H3,(H,28,29,33)/t15-/m0/s1. The average molecular weight is 535 g/mol. The summed E-state index contributed by atoms with van der Waals surface area (Å²) >= 11 is 0. The maximum atomic E-state index is 13.6. The fraction of sp³-hybridized carbons (Fsp3) is 0.423. The molecular weight excluding hydrogens is 504 g/mol. The van der Waals surface area contributed by atoms with E-state index in [0.717, 1.165) is 29.8 Å². The maximum absolute atomic E-state index is 13.6. The number of hydrogen-bond acceptors (Lipinski definition) is 10. The minimum atomic E-state index is -3.33. The van der Waals surface area contributed by atoms with Gasteiger partial charge in [0.05, 0.1) is 46.2 Å². The van der Waals surface area contributed by atoms with Gasteiger partial charge in [0.2, 0.25) is 0 Å². The molecule has 5 rings (SSSR count). The predicted octanol–water partition coefficient (Wildman–Crippen LogP) is 3.60. The number of anilines is 1. The maximum Gasteiger partial charge on any atom is 0.295 e. The Morgan fingerprint density at radius 2 is 1.87 bits per heavy atom. The summed E-state index contributed by atoms with van der Waals surface area (Å²) in [6.07, 6.45) is 7.46. The van der Waals surface area contributed by atoms with Gasteiger partial charge in [-0.2, -0.15) is 0 Å². The summed E-state index contributed by atoms with van der Waals surface area (Å²) in [5.74, 6) is 0.532. The Labute approximate surface area is 220 Å². The molecule has 11 nitrogen and oxygen atoms in total. The van der Waals surface area contributed by atoms with Gasteiger partial charge in [0.1, 0.15) is 6.33 Å². The highest BCUT2D eigenvalue weighted by atomic mass is 32.2. The Hall–Kier alpha value is -3.80. The van der Waals surface area contributed by atoms with Crippen molar-refractivity contribution in [3.05, 3.63) is 58.3 Å². The number of nitrogens with one attached hydrogen (secondary N) is 1. The molecule has 1 aliphatic rings. The minimum Gasteiger partial charge on any atom is -0.360 e. The molecule has 1 saturated carbocycles. The van der Waals surface area contributed by atoms with Crippen molar-refractivity contribution >= 4 is 26.9 Å². The molecule has 0 amide bonds. The van der Waals surface area contributed by atoms with Gasteiger partial charge in [-0.15, -0.1) is 0 Å². The van der Waals surface area contributed by atoms with E-state index in [9.17, 15) is 13.2 Å². The summed E-state index contributed by atoms with van der Waals surface area (Å²) in [4.78, 5) is 40.8. The van der Waals surface area contributed by atoms with E-state index < -0.39 is 9.84 Å². The molecule has 1 N–H and O–H groups in total. The van der Waals surface area contributed by atoms with Gasteiger partial charge in [-0.3, -0.25) is 14.3 Å². The first-order valence-corrected chi connectivity index (χ1v) is 14.4. The van der Waals surface area contributed by atoms with E-state index in [4.69, 9.17) is 4.98 Å². The Bertz CT molecular complexity index is 1660. The molecule has 0 spiro atoms. The zero-order valence-corrected chi connectivity index (χ0v) is 22.7. The topological polar surface area (TPSA) is 146 Å². The highest BCUT2D eigenvalue weighted by molar-refractivity contribution is 7.91. The van der Waals surface area contributed by atoms with Crippen LogP contribution in [0.5, 0.6) is 0 Å². The quantitative estimate of drug-likeness (QED) is 0.338. The number of nitrogens with zero attached hydrogens (tertiary/aromatic N) is 7. The molecule has 4 aromatic rings. The van der Waals surface area contributed by atoms with Gasteiger partial charge in [0.15, 0.2) is 26.9 Å². The summed E-state index contributed by atoms with van der Waals surface area (Å²) in [6, 6.07) is 3.00. The largest absolute Gasteiger partial charge is 0.360 e. The zero-order valence-electron chi connectivity index (χ0n) is 21.8. The van der Waals surface area contributed by atoms with E-state index in [2.05, 4.69) is 30.2 Å². The third-order valence-corrected chi connectivity index (χ3v) is 8.61. The van der Waals surface area contributed by atoms with E-state index in [1.54, 1.807) is 30.1 Å². The molecule has 0 bridgehead atoms. The molecule has 1 aliphatic carbocycles. The third kappa shape index (κ3) is 4.87. The molecule has 0 saturated heterocycles. The van der Waals surface area contributed by atoms with Crippen LogP contribution in [0.2, 0.25) is 0 Å². The first-order chi connectivity index (χ1) is 18.2. The van der Waals surface area contributed by atoms with Crippen LogP contribution >= 0.6 is 0 Å². The molecule has 4 aromatic heterocycles. The minimum absolute atomic E-state index is 0.00392. The molecule has 0 radical (unpaired) electrons. The van der Waals surface area contributed by atoms with Crippen LogP contribution in [0.3, 0.4) is 0 Å². The van der Waals surface area contributed by atoms with Crippen LogP contribution in [0, 0.1) is 6.92 Å². The first-order valence-electron chi connectivity index (χ1n) is 12.8. The van der Waals surface area contributed by atoms with E-state index in [1.165, 1.54) is 12.3 Å². The van der Waals surface area contributed by atoms with Crippen LogP contribution in [-0.2, 0) is 16.4 Å². The Kier molecular flexibility index (Phi) is 6.91. The zero-order chi connectivity index (χ0) is 27.0. The van der Waals surface area contributed by atoms with E-state index in [1.807, 2.05) is 20.8 Å². The average Bonchev–Trinajstić information content (AvgIpc) is 3.77. The molecule has 0 aliphatic heterocycles. The normalized spacial score (nSPS) is 14.5. The summed E-state index contributed by atoms with van der Waals surface area (Å²) in [7, 11) is -3.33. The fourth-order valence-corrected chi connectivity index (χ4v) is 5.14. The Morgan fingerprint density at radius 3 is 2.53 bits per heavy atom. The van der Waals surface area contributed by atoms with Crippen molar-refractivity contribution < 1.29 is 8.42 Å². The van der Waals surface area contributed by atoms with Gasteiger partial charge in [0.25, 0.3) is 5.56 Å². The number of aromatic nitrogens is 7. The fourth-order valence-electron chi connectivity index (χ4n) is 4.32. The third-order valence-electron chi connectivity index (χ3n) is 6.89. The van der Waals surface area contributed by atoms with Crippen LogP contribution in [0.25, 0.3) is 22.6 Å². The Morgan fingerprint density at radius 1 is 1.08 bits per heavy atom. The lowest BCUT2D eigenvalue weighted by Gasteiger charge is -2.18. The monoisotopic (exact) mass is 534 g/mol. The highest BCUT2D eigenvalue weighted by Gasteiger charge is 2.30. The summed E-state index contributed by atoms with van der Waals surface area (Å²) in [6.45, 7) is 7.67. The predicted molar refractivity (Wildman–Crippen MR) is 144 cm³/mol. The molecule has 0 unspecified atom stereocenters. The van der Waals surface area contributed by atoms with Gasteiger partial charge in [-0.05, 0) is 45.2 Å². The van der Waals surface area contributed by atoms with Crippen LogP contribution < -0.4 is 10.9 Å². The van der Waals surface area contributed by atoms with Gasteiger partial charge in [0, 0.05) is 23.7 Å². The van der Waals surface area contributed by atoms with Crippen molar-refractivity contribution in [2.24, 2.45) is 0 Å².